The molecule has 0 N–H and O–H groups in total. The lowest BCUT2D eigenvalue weighted by Crippen LogP contribution is -1.99. The van der Waals surface area contributed by atoms with Gasteiger partial charge in [0.25, 0.3) is 0 Å². The first-order valence-corrected chi connectivity index (χ1v) is 6.77. The highest BCUT2D eigenvalue weighted by molar-refractivity contribution is 5.75. The van der Waals surface area contributed by atoms with Crippen molar-refractivity contribution in [3.8, 4) is 0 Å². The minimum absolute atomic E-state index is 0.724. The molecule has 1 aromatic heterocycles. The zero-order chi connectivity index (χ0) is 15.0. The third-order valence-corrected chi connectivity index (χ3v) is 2.71. The number of nitrogens with zero attached hydrogens (tertiary/aromatic N) is 2. The first-order valence-electron chi connectivity index (χ1n) is 6.77. The molecule has 0 fully saturated rings. The summed E-state index contributed by atoms with van der Waals surface area (Å²) in [4.78, 5) is 9.18. The van der Waals surface area contributed by atoms with Crippen LogP contribution in [0.1, 0.15) is 38.0 Å². The molecule has 0 aliphatic rings. The van der Waals surface area contributed by atoms with E-state index in [4.69, 9.17) is 0 Å². The highest BCUT2D eigenvalue weighted by Crippen LogP contribution is 2.19. The van der Waals surface area contributed by atoms with Crippen LogP contribution in [0.4, 0.5) is 0 Å². The molecule has 0 aromatic carbocycles. The lowest BCUT2D eigenvalue weighted by Gasteiger charge is -2.07. The molecule has 0 amide bonds. The molecule has 1 heterocycles. The molecule has 2 nitrogen and oxygen atoms in total. The van der Waals surface area contributed by atoms with Crippen molar-refractivity contribution in [2.24, 2.45) is 0 Å². The molecule has 0 bridgehead atoms. The van der Waals surface area contributed by atoms with Crippen LogP contribution >= 0.6 is 0 Å². The van der Waals surface area contributed by atoms with E-state index in [1.807, 2.05) is 58.1 Å². The molecule has 2 heteroatoms. The summed E-state index contributed by atoms with van der Waals surface area (Å²) in [5.41, 5.74) is 3.95. The fourth-order valence-electron chi connectivity index (χ4n) is 1.87. The van der Waals surface area contributed by atoms with Gasteiger partial charge in [0.1, 0.15) is 0 Å². The Bertz CT molecular complexity index is 587. The quantitative estimate of drug-likeness (QED) is 0.708. The van der Waals surface area contributed by atoms with Gasteiger partial charge in [-0.2, -0.15) is 0 Å². The zero-order valence-electron chi connectivity index (χ0n) is 12.7. The molecular weight excluding hydrogens is 244 g/mol. The third-order valence-electron chi connectivity index (χ3n) is 2.71. The van der Waals surface area contributed by atoms with E-state index < -0.39 is 0 Å². The van der Waals surface area contributed by atoms with E-state index in [9.17, 15) is 0 Å². The standard InChI is InChI=1S/C18H22N2/c1-6-10-15(9-4)17-13-14(5)19-18(20-17)16(11-7-2)12-8-3/h6-13H,2H2,1,3-5H3/b10-6-,12-8-,15-9+,16-11+. The van der Waals surface area contributed by atoms with Crippen LogP contribution < -0.4 is 0 Å². The molecule has 0 aliphatic heterocycles. The molecule has 0 spiro atoms. The van der Waals surface area contributed by atoms with E-state index in [-0.39, 0.29) is 0 Å². The summed E-state index contributed by atoms with van der Waals surface area (Å²) in [5, 5.41) is 0. The molecule has 0 radical (unpaired) electrons. The van der Waals surface area contributed by atoms with Gasteiger partial charge in [-0.15, -0.1) is 0 Å². The van der Waals surface area contributed by atoms with Crippen LogP contribution in [0.25, 0.3) is 11.1 Å². The molecule has 1 rings (SSSR count). The van der Waals surface area contributed by atoms with E-state index in [2.05, 4.69) is 28.7 Å². The molecule has 20 heavy (non-hydrogen) atoms. The summed E-state index contributed by atoms with van der Waals surface area (Å²) in [7, 11) is 0. The van der Waals surface area contributed by atoms with Crippen LogP contribution in [0, 0.1) is 6.92 Å². The van der Waals surface area contributed by atoms with Gasteiger partial charge in [-0.05, 0) is 39.3 Å². The average molecular weight is 266 g/mol. The lowest BCUT2D eigenvalue weighted by molar-refractivity contribution is 1.05. The van der Waals surface area contributed by atoms with Crippen LogP contribution in [0.15, 0.2) is 55.2 Å². The van der Waals surface area contributed by atoms with Gasteiger partial charge in [0.15, 0.2) is 5.82 Å². The van der Waals surface area contributed by atoms with Gasteiger partial charge in [0, 0.05) is 11.3 Å². The number of hydrogen-bond acceptors (Lipinski definition) is 2. The van der Waals surface area contributed by atoms with Gasteiger partial charge in [0.05, 0.1) is 5.69 Å². The second-order valence-corrected chi connectivity index (χ2v) is 4.32. The fraction of sp³-hybridized carbons (Fsp3) is 0.222. The monoisotopic (exact) mass is 266 g/mol. The molecule has 0 aliphatic carbocycles. The first kappa shape index (κ1) is 15.8. The van der Waals surface area contributed by atoms with Crippen molar-refractivity contribution in [1.29, 1.82) is 0 Å². The molecule has 104 valence electrons. The highest BCUT2D eigenvalue weighted by Gasteiger charge is 2.07. The third kappa shape index (κ3) is 4.16. The van der Waals surface area contributed by atoms with Gasteiger partial charge < -0.3 is 0 Å². The van der Waals surface area contributed by atoms with Crippen LogP contribution in [0.3, 0.4) is 0 Å². The van der Waals surface area contributed by atoms with E-state index in [1.165, 1.54) is 0 Å². The SMILES string of the molecule is C=C/C=C(\C=C/C)c1nc(C)cc(C(/C=C\C)=C/C)n1. The van der Waals surface area contributed by atoms with Crippen LogP contribution in [0.2, 0.25) is 0 Å². The second kappa shape index (κ2) is 8.05. The van der Waals surface area contributed by atoms with Crippen molar-refractivity contribution >= 4 is 11.1 Å². The highest BCUT2D eigenvalue weighted by atomic mass is 14.9. The van der Waals surface area contributed by atoms with E-state index in [0.717, 1.165) is 28.4 Å². The average Bonchev–Trinajstić information content (AvgIpc) is 2.43. The Hall–Kier alpha value is -2.22. The van der Waals surface area contributed by atoms with E-state index >= 15 is 0 Å². The van der Waals surface area contributed by atoms with Crippen molar-refractivity contribution in [3.63, 3.8) is 0 Å². The molecule has 0 saturated heterocycles. The Morgan fingerprint density at radius 3 is 2.25 bits per heavy atom. The summed E-state index contributed by atoms with van der Waals surface area (Å²) < 4.78 is 0. The summed E-state index contributed by atoms with van der Waals surface area (Å²) in [6.45, 7) is 11.7. The molecule has 0 atom stereocenters. The maximum atomic E-state index is 4.66. The molecular formula is C18H22N2. The van der Waals surface area contributed by atoms with Crippen LogP contribution in [-0.2, 0) is 0 Å². The van der Waals surface area contributed by atoms with Gasteiger partial charge in [-0.3, -0.25) is 0 Å². The van der Waals surface area contributed by atoms with Crippen molar-refractivity contribution in [2.45, 2.75) is 27.7 Å². The predicted octanol–water partition coefficient (Wildman–Crippen LogP) is 4.91. The Kier molecular flexibility index (Phi) is 6.38. The molecule has 0 unspecified atom stereocenters. The van der Waals surface area contributed by atoms with Crippen molar-refractivity contribution in [3.05, 3.63) is 72.4 Å². The number of hydrogen-bond donors (Lipinski definition) is 0. The molecule has 1 aromatic rings. The van der Waals surface area contributed by atoms with Gasteiger partial charge >= 0.3 is 0 Å². The Morgan fingerprint density at radius 1 is 1.05 bits per heavy atom. The minimum atomic E-state index is 0.724. The van der Waals surface area contributed by atoms with E-state index in [0.29, 0.717) is 0 Å². The largest absolute Gasteiger partial charge is 0.233 e. The summed E-state index contributed by atoms with van der Waals surface area (Å²) in [6.07, 6.45) is 13.8. The van der Waals surface area contributed by atoms with Gasteiger partial charge in [-0.25, -0.2) is 9.97 Å². The van der Waals surface area contributed by atoms with Crippen molar-refractivity contribution in [1.82, 2.24) is 9.97 Å². The normalized spacial score (nSPS) is 13.4. The maximum absolute atomic E-state index is 4.66. The lowest BCUT2D eigenvalue weighted by atomic mass is 10.1. The first-order chi connectivity index (χ1) is 9.65. The number of aryl methyl sites for hydroxylation is 1. The molecule has 0 saturated carbocycles. The van der Waals surface area contributed by atoms with Gasteiger partial charge in [-0.1, -0.05) is 49.1 Å². The van der Waals surface area contributed by atoms with Crippen molar-refractivity contribution in [2.75, 3.05) is 0 Å². The summed E-state index contributed by atoms with van der Waals surface area (Å²) in [6, 6.07) is 2.00. The van der Waals surface area contributed by atoms with Crippen molar-refractivity contribution < 1.29 is 0 Å². The predicted molar refractivity (Wildman–Crippen MR) is 88.2 cm³/mol. The topological polar surface area (TPSA) is 25.8 Å². The van der Waals surface area contributed by atoms with Crippen LogP contribution in [0.5, 0.6) is 0 Å². The Labute approximate surface area is 122 Å². The second-order valence-electron chi connectivity index (χ2n) is 4.32. The minimum Gasteiger partial charge on any atom is -0.233 e. The number of allylic oxidation sites excluding steroid dienone is 9. The van der Waals surface area contributed by atoms with Crippen LogP contribution in [-0.4, -0.2) is 9.97 Å². The fourth-order valence-corrected chi connectivity index (χ4v) is 1.87. The Morgan fingerprint density at radius 2 is 1.70 bits per heavy atom. The summed E-state index contributed by atoms with van der Waals surface area (Å²) >= 11 is 0. The Balaban J connectivity index is 3.40. The number of aromatic nitrogens is 2. The summed E-state index contributed by atoms with van der Waals surface area (Å²) in [5.74, 6) is 0.724. The van der Waals surface area contributed by atoms with Gasteiger partial charge in [0.2, 0.25) is 0 Å². The zero-order valence-corrected chi connectivity index (χ0v) is 12.7. The number of rotatable bonds is 5. The smallest absolute Gasteiger partial charge is 0.159 e. The van der Waals surface area contributed by atoms with E-state index in [1.54, 1.807) is 6.08 Å². The maximum Gasteiger partial charge on any atom is 0.159 e.